The van der Waals surface area contributed by atoms with Gasteiger partial charge >= 0.3 is 6.01 Å². The Kier molecular flexibility index (Phi) is 6.20. The molecule has 0 saturated heterocycles. The number of nitrogens with zero attached hydrogens (tertiary/aromatic N) is 4. The highest BCUT2D eigenvalue weighted by molar-refractivity contribution is 7.08. The SMILES string of the molecule is COc1nc(CO)cc(C2[C@H](c3ccsc3)C(c3cc(CO)nc(C)n3)[C@H]2c2ccsc2)n1. The molecule has 1 aliphatic carbocycles. The van der Waals surface area contributed by atoms with Gasteiger partial charge in [0.05, 0.1) is 37.4 Å². The van der Waals surface area contributed by atoms with Crippen LogP contribution in [0.1, 0.15) is 63.4 Å². The first kappa shape index (κ1) is 22.1. The molecule has 33 heavy (non-hydrogen) atoms. The summed E-state index contributed by atoms with van der Waals surface area (Å²) in [5.74, 6) is 1.03. The average Bonchev–Trinajstić information content (AvgIpc) is 3.53. The van der Waals surface area contributed by atoms with Crippen LogP contribution in [0.3, 0.4) is 0 Å². The van der Waals surface area contributed by atoms with Crippen molar-refractivity contribution in [2.45, 2.75) is 43.8 Å². The van der Waals surface area contributed by atoms with Gasteiger partial charge in [-0.3, -0.25) is 0 Å². The molecule has 0 aromatic carbocycles. The van der Waals surface area contributed by atoms with Crippen LogP contribution in [0.2, 0.25) is 0 Å². The number of methoxy groups -OCH3 is 1. The van der Waals surface area contributed by atoms with Crippen LogP contribution in [0, 0.1) is 6.92 Å². The molecule has 0 radical (unpaired) electrons. The zero-order valence-electron chi connectivity index (χ0n) is 18.3. The van der Waals surface area contributed by atoms with E-state index in [4.69, 9.17) is 14.7 Å². The Morgan fingerprint density at radius 1 is 0.788 bits per heavy atom. The third-order valence-corrected chi connectivity index (χ3v) is 7.69. The standard InChI is InChI=1S/C24H24N4O3S2/c1-13-25-16(9-29)7-18(26-13)22-20(14-3-5-32-11-14)23(21(22)15-4-6-33-12-15)19-8-17(10-30)27-24(28-19)31-2/h3-8,11-12,20-23,29-30H,9-10H2,1-2H3/t20-,21-,22?,23?/m1/s1. The number of aliphatic hydroxyl groups is 2. The van der Waals surface area contributed by atoms with Gasteiger partial charge in [-0.1, -0.05) is 0 Å². The zero-order valence-corrected chi connectivity index (χ0v) is 19.9. The molecule has 5 rings (SSSR count). The summed E-state index contributed by atoms with van der Waals surface area (Å²) >= 11 is 3.34. The van der Waals surface area contributed by atoms with Crippen molar-refractivity contribution in [1.29, 1.82) is 0 Å². The summed E-state index contributed by atoms with van der Waals surface area (Å²) in [5, 5.41) is 28.1. The molecule has 170 valence electrons. The second kappa shape index (κ2) is 9.26. The quantitative estimate of drug-likeness (QED) is 0.410. The number of thiophene rings is 2. The van der Waals surface area contributed by atoms with Crippen molar-refractivity contribution in [2.24, 2.45) is 0 Å². The summed E-state index contributed by atoms with van der Waals surface area (Å²) in [7, 11) is 1.54. The lowest BCUT2D eigenvalue weighted by Gasteiger charge is -2.52. The van der Waals surface area contributed by atoms with E-state index in [2.05, 4.69) is 43.6 Å². The van der Waals surface area contributed by atoms with Crippen molar-refractivity contribution in [3.8, 4) is 6.01 Å². The van der Waals surface area contributed by atoms with E-state index in [0.29, 0.717) is 17.2 Å². The molecule has 7 nitrogen and oxygen atoms in total. The van der Waals surface area contributed by atoms with Crippen LogP contribution in [-0.2, 0) is 13.2 Å². The Labute approximate surface area is 199 Å². The molecule has 2 atom stereocenters. The molecule has 4 aromatic rings. The first-order chi connectivity index (χ1) is 16.1. The monoisotopic (exact) mass is 480 g/mol. The normalized spacial score (nSPS) is 22.2. The van der Waals surface area contributed by atoms with Gasteiger partial charge < -0.3 is 14.9 Å². The summed E-state index contributed by atoms with van der Waals surface area (Å²) in [4.78, 5) is 18.2. The summed E-state index contributed by atoms with van der Waals surface area (Å²) in [5.41, 5.74) is 5.40. The van der Waals surface area contributed by atoms with Crippen LogP contribution < -0.4 is 4.74 Å². The molecule has 4 aromatic heterocycles. The van der Waals surface area contributed by atoms with Gasteiger partial charge in [-0.05, 0) is 63.8 Å². The predicted octanol–water partition coefficient (Wildman–Crippen LogP) is 4.14. The number of aliphatic hydroxyl groups excluding tert-OH is 2. The lowest BCUT2D eigenvalue weighted by Crippen LogP contribution is -2.41. The van der Waals surface area contributed by atoms with Crippen molar-refractivity contribution in [3.05, 3.63) is 85.5 Å². The maximum atomic E-state index is 9.79. The minimum absolute atomic E-state index is 0.0502. The highest BCUT2D eigenvalue weighted by atomic mass is 32.1. The highest BCUT2D eigenvalue weighted by Gasteiger charge is 2.54. The van der Waals surface area contributed by atoms with E-state index in [1.165, 1.54) is 18.2 Å². The Hall–Kier alpha value is -2.72. The predicted molar refractivity (Wildman–Crippen MR) is 127 cm³/mol. The van der Waals surface area contributed by atoms with E-state index in [1.54, 1.807) is 22.7 Å². The van der Waals surface area contributed by atoms with E-state index in [1.807, 2.05) is 19.1 Å². The minimum Gasteiger partial charge on any atom is -0.467 e. The zero-order chi connectivity index (χ0) is 22.9. The Bertz CT molecular complexity index is 1170. The van der Waals surface area contributed by atoms with E-state index in [9.17, 15) is 10.2 Å². The van der Waals surface area contributed by atoms with Gasteiger partial charge in [0.2, 0.25) is 0 Å². The van der Waals surface area contributed by atoms with Crippen molar-refractivity contribution >= 4 is 22.7 Å². The first-order valence-corrected chi connectivity index (χ1v) is 12.5. The topological polar surface area (TPSA) is 101 Å². The third-order valence-electron chi connectivity index (χ3n) is 6.28. The van der Waals surface area contributed by atoms with Crippen LogP contribution in [0.25, 0.3) is 0 Å². The maximum Gasteiger partial charge on any atom is 0.316 e. The maximum absolute atomic E-state index is 9.79. The van der Waals surface area contributed by atoms with Crippen molar-refractivity contribution in [3.63, 3.8) is 0 Å². The van der Waals surface area contributed by atoms with Gasteiger partial charge in [0.1, 0.15) is 5.82 Å². The highest BCUT2D eigenvalue weighted by Crippen LogP contribution is 2.66. The van der Waals surface area contributed by atoms with Crippen LogP contribution in [0.5, 0.6) is 6.01 Å². The molecule has 1 saturated carbocycles. The average molecular weight is 481 g/mol. The number of rotatable bonds is 7. The van der Waals surface area contributed by atoms with E-state index in [-0.39, 0.29) is 42.9 Å². The van der Waals surface area contributed by atoms with E-state index in [0.717, 1.165) is 11.4 Å². The van der Waals surface area contributed by atoms with Crippen LogP contribution >= 0.6 is 22.7 Å². The third kappa shape index (κ3) is 4.06. The van der Waals surface area contributed by atoms with Crippen molar-refractivity contribution in [1.82, 2.24) is 19.9 Å². The van der Waals surface area contributed by atoms with E-state index >= 15 is 0 Å². The van der Waals surface area contributed by atoms with Crippen LogP contribution in [0.4, 0.5) is 0 Å². The molecule has 9 heteroatoms. The number of ether oxygens (including phenoxy) is 1. The lowest BCUT2D eigenvalue weighted by molar-refractivity contribution is 0.216. The van der Waals surface area contributed by atoms with Gasteiger partial charge in [-0.15, -0.1) is 0 Å². The summed E-state index contributed by atoms with van der Waals surface area (Å²) in [6.07, 6.45) is 0. The Morgan fingerprint density at radius 3 is 1.82 bits per heavy atom. The lowest BCUT2D eigenvalue weighted by atomic mass is 9.51. The van der Waals surface area contributed by atoms with Crippen molar-refractivity contribution in [2.75, 3.05) is 7.11 Å². The molecule has 0 amide bonds. The molecule has 4 heterocycles. The number of aryl methyl sites for hydroxylation is 1. The minimum atomic E-state index is -0.181. The molecular formula is C24H24N4O3S2. The molecule has 0 spiro atoms. The summed E-state index contributed by atoms with van der Waals surface area (Å²) in [6.45, 7) is 1.56. The summed E-state index contributed by atoms with van der Waals surface area (Å²) < 4.78 is 5.35. The molecular weight excluding hydrogens is 456 g/mol. The fourth-order valence-corrected chi connectivity index (χ4v) is 6.40. The van der Waals surface area contributed by atoms with Gasteiger partial charge in [0.25, 0.3) is 0 Å². The molecule has 1 fully saturated rings. The molecule has 0 bridgehead atoms. The largest absolute Gasteiger partial charge is 0.467 e. The second-order valence-corrected chi connectivity index (χ2v) is 9.70. The fraction of sp³-hybridized carbons (Fsp3) is 0.333. The Balaban J connectivity index is 1.69. The molecule has 1 aliphatic rings. The second-order valence-electron chi connectivity index (χ2n) is 8.13. The van der Waals surface area contributed by atoms with Crippen LogP contribution in [0.15, 0.2) is 45.8 Å². The van der Waals surface area contributed by atoms with Crippen molar-refractivity contribution < 1.29 is 14.9 Å². The fourth-order valence-electron chi connectivity index (χ4n) is 4.99. The van der Waals surface area contributed by atoms with Gasteiger partial charge in [-0.2, -0.15) is 32.6 Å². The number of aromatic nitrogens is 4. The molecule has 2 N–H and O–H groups in total. The molecule has 0 unspecified atom stereocenters. The molecule has 0 aliphatic heterocycles. The first-order valence-electron chi connectivity index (χ1n) is 10.6. The van der Waals surface area contributed by atoms with Crippen LogP contribution in [-0.4, -0.2) is 37.3 Å². The summed E-state index contributed by atoms with van der Waals surface area (Å²) in [6, 6.07) is 8.38. The Morgan fingerprint density at radius 2 is 1.33 bits per heavy atom. The number of hydrogen-bond donors (Lipinski definition) is 2. The number of hydrogen-bond acceptors (Lipinski definition) is 9. The van der Waals surface area contributed by atoms with Gasteiger partial charge in [0, 0.05) is 29.4 Å². The van der Waals surface area contributed by atoms with E-state index < -0.39 is 0 Å². The smallest absolute Gasteiger partial charge is 0.316 e. The van der Waals surface area contributed by atoms with Gasteiger partial charge in [-0.25, -0.2) is 9.97 Å². The van der Waals surface area contributed by atoms with Gasteiger partial charge in [0.15, 0.2) is 0 Å².